The van der Waals surface area contributed by atoms with E-state index in [9.17, 15) is 4.79 Å². The van der Waals surface area contributed by atoms with Crippen LogP contribution in [-0.4, -0.2) is 26.6 Å². The number of halogens is 1. The molecule has 20 heavy (non-hydrogen) atoms. The smallest absolute Gasteiger partial charge is 0.226 e. The Morgan fingerprint density at radius 2 is 2.10 bits per heavy atom. The van der Waals surface area contributed by atoms with Crippen molar-refractivity contribution < 1.29 is 9.53 Å². The highest BCUT2D eigenvalue weighted by Gasteiger charge is 2.26. The molecule has 0 aliphatic rings. The maximum atomic E-state index is 11.7. The number of hydrogen-bond donors (Lipinski definition) is 2. The summed E-state index contributed by atoms with van der Waals surface area (Å²) in [4.78, 5) is 11.7. The number of carbonyl (C=O) groups excluding carboxylic acids is 1. The van der Waals surface area contributed by atoms with Gasteiger partial charge in [-0.2, -0.15) is 0 Å². The summed E-state index contributed by atoms with van der Waals surface area (Å²) in [6.07, 6.45) is 0. The summed E-state index contributed by atoms with van der Waals surface area (Å²) < 4.78 is 6.15. The van der Waals surface area contributed by atoms with E-state index in [1.807, 2.05) is 32.0 Å². The van der Waals surface area contributed by atoms with Gasteiger partial charge in [0.2, 0.25) is 5.91 Å². The van der Waals surface area contributed by atoms with Gasteiger partial charge in [-0.15, -0.1) is 0 Å². The van der Waals surface area contributed by atoms with E-state index in [0.29, 0.717) is 6.54 Å². The zero-order chi connectivity index (χ0) is 15.3. The minimum atomic E-state index is -0.438. The van der Waals surface area contributed by atoms with Gasteiger partial charge in [-0.25, -0.2) is 0 Å². The van der Waals surface area contributed by atoms with Gasteiger partial charge in [0.15, 0.2) is 0 Å². The first-order valence-corrected chi connectivity index (χ1v) is 7.40. The molecule has 0 saturated heterocycles. The van der Waals surface area contributed by atoms with Crippen LogP contribution in [0.1, 0.15) is 32.4 Å². The third-order valence-corrected chi connectivity index (χ3v) is 3.99. The normalized spacial score (nSPS) is 12.9. The van der Waals surface area contributed by atoms with Crippen LogP contribution in [0.25, 0.3) is 0 Å². The Morgan fingerprint density at radius 1 is 1.45 bits per heavy atom. The number of nitrogens with one attached hydrogen (secondary N) is 2. The quantitative estimate of drug-likeness (QED) is 0.835. The Kier molecular flexibility index (Phi) is 6.02. The predicted octanol–water partition coefficient (Wildman–Crippen LogP) is 2.88. The summed E-state index contributed by atoms with van der Waals surface area (Å²) in [7, 11) is 3.31. The third-order valence-electron chi connectivity index (χ3n) is 3.37. The molecule has 1 aromatic rings. The molecule has 1 unspecified atom stereocenters. The molecular formula is C15H23BrN2O2. The van der Waals surface area contributed by atoms with Crippen LogP contribution in [0.4, 0.5) is 0 Å². The van der Waals surface area contributed by atoms with Gasteiger partial charge in [-0.3, -0.25) is 4.79 Å². The predicted molar refractivity (Wildman–Crippen MR) is 85.0 cm³/mol. The molecule has 0 radical (unpaired) electrons. The highest BCUT2D eigenvalue weighted by atomic mass is 79.9. The van der Waals surface area contributed by atoms with Crippen molar-refractivity contribution in [2.75, 3.05) is 20.7 Å². The van der Waals surface area contributed by atoms with Gasteiger partial charge in [-0.05, 0) is 54.4 Å². The van der Waals surface area contributed by atoms with Gasteiger partial charge >= 0.3 is 0 Å². The number of amides is 1. The number of hydrogen-bond acceptors (Lipinski definition) is 3. The molecule has 1 atom stereocenters. The van der Waals surface area contributed by atoms with Crippen molar-refractivity contribution in [1.82, 2.24) is 10.6 Å². The molecular weight excluding hydrogens is 320 g/mol. The summed E-state index contributed by atoms with van der Waals surface area (Å²) in [6.45, 7) is 6.54. The van der Waals surface area contributed by atoms with E-state index in [-0.39, 0.29) is 11.9 Å². The molecule has 0 saturated carbocycles. The minimum Gasteiger partial charge on any atom is -0.496 e. The molecule has 0 bridgehead atoms. The van der Waals surface area contributed by atoms with Gasteiger partial charge in [-0.1, -0.05) is 6.07 Å². The first-order chi connectivity index (χ1) is 9.31. The Morgan fingerprint density at radius 3 is 2.60 bits per heavy atom. The van der Waals surface area contributed by atoms with Crippen molar-refractivity contribution in [3.05, 3.63) is 28.2 Å². The van der Waals surface area contributed by atoms with E-state index >= 15 is 0 Å². The minimum absolute atomic E-state index is 0.0353. The van der Waals surface area contributed by atoms with E-state index in [1.165, 1.54) is 0 Å². The zero-order valence-corrected chi connectivity index (χ0v) is 14.3. The lowest BCUT2D eigenvalue weighted by molar-refractivity contribution is -0.128. The summed E-state index contributed by atoms with van der Waals surface area (Å²) >= 11 is 3.48. The number of benzene rings is 1. The molecule has 5 heteroatoms. The monoisotopic (exact) mass is 342 g/mol. The SMILES string of the molecule is CNC(=O)C(C)(C)CNC(C)c1ccc(OC)c(Br)c1. The molecule has 1 rings (SSSR count). The fraction of sp³-hybridized carbons (Fsp3) is 0.533. The second kappa shape index (κ2) is 7.09. The average Bonchev–Trinajstić information content (AvgIpc) is 2.43. The fourth-order valence-electron chi connectivity index (χ4n) is 1.90. The summed E-state index contributed by atoms with van der Waals surface area (Å²) in [5, 5.41) is 6.09. The van der Waals surface area contributed by atoms with Crippen LogP contribution >= 0.6 is 15.9 Å². The summed E-state index contributed by atoms with van der Waals surface area (Å²) in [5.41, 5.74) is 0.706. The zero-order valence-electron chi connectivity index (χ0n) is 12.7. The molecule has 0 aromatic heterocycles. The van der Waals surface area contributed by atoms with Gasteiger partial charge < -0.3 is 15.4 Å². The largest absolute Gasteiger partial charge is 0.496 e. The first kappa shape index (κ1) is 17.0. The maximum Gasteiger partial charge on any atom is 0.226 e. The first-order valence-electron chi connectivity index (χ1n) is 6.61. The van der Waals surface area contributed by atoms with Gasteiger partial charge in [0.1, 0.15) is 5.75 Å². The van der Waals surface area contributed by atoms with E-state index in [0.717, 1.165) is 15.8 Å². The molecule has 0 heterocycles. The second-order valence-corrected chi connectivity index (χ2v) is 6.31. The Labute approximate surface area is 129 Å². The van der Waals surface area contributed by atoms with Crippen molar-refractivity contribution in [2.45, 2.75) is 26.8 Å². The number of rotatable bonds is 6. The Hall–Kier alpha value is -1.07. The van der Waals surface area contributed by atoms with Gasteiger partial charge in [0.25, 0.3) is 0 Å². The molecule has 1 aromatic carbocycles. The van der Waals surface area contributed by atoms with Crippen LogP contribution in [0.15, 0.2) is 22.7 Å². The van der Waals surface area contributed by atoms with E-state index in [4.69, 9.17) is 4.74 Å². The van der Waals surface area contributed by atoms with Crippen LogP contribution in [-0.2, 0) is 4.79 Å². The average molecular weight is 343 g/mol. The van der Waals surface area contributed by atoms with Crippen molar-refractivity contribution in [3.8, 4) is 5.75 Å². The molecule has 112 valence electrons. The number of methoxy groups -OCH3 is 1. The third kappa shape index (κ3) is 4.21. The molecule has 0 spiro atoms. The van der Waals surface area contributed by atoms with Crippen molar-refractivity contribution in [2.24, 2.45) is 5.41 Å². The topological polar surface area (TPSA) is 50.4 Å². The van der Waals surface area contributed by atoms with Crippen LogP contribution in [0.5, 0.6) is 5.75 Å². The van der Waals surface area contributed by atoms with Crippen molar-refractivity contribution >= 4 is 21.8 Å². The molecule has 2 N–H and O–H groups in total. The lowest BCUT2D eigenvalue weighted by Crippen LogP contribution is -2.42. The Bertz CT molecular complexity index is 475. The summed E-state index contributed by atoms with van der Waals surface area (Å²) in [6, 6.07) is 6.14. The molecule has 1 amide bonds. The van der Waals surface area contributed by atoms with E-state index < -0.39 is 5.41 Å². The van der Waals surface area contributed by atoms with Crippen LogP contribution in [0, 0.1) is 5.41 Å². The lowest BCUT2D eigenvalue weighted by atomic mass is 9.91. The molecule has 0 aliphatic heterocycles. The molecule has 0 aliphatic carbocycles. The fourth-order valence-corrected chi connectivity index (χ4v) is 2.46. The standard InChI is InChI=1S/C15H23BrN2O2/c1-10(18-9-15(2,3)14(19)17-4)11-6-7-13(20-5)12(16)8-11/h6-8,10,18H,9H2,1-5H3,(H,17,19). The van der Waals surface area contributed by atoms with Crippen molar-refractivity contribution in [3.63, 3.8) is 0 Å². The van der Waals surface area contributed by atoms with Gasteiger partial charge in [0, 0.05) is 19.6 Å². The maximum absolute atomic E-state index is 11.7. The molecule has 4 nitrogen and oxygen atoms in total. The number of carbonyl (C=O) groups is 1. The highest BCUT2D eigenvalue weighted by Crippen LogP contribution is 2.28. The van der Waals surface area contributed by atoms with Crippen LogP contribution < -0.4 is 15.4 Å². The van der Waals surface area contributed by atoms with E-state index in [2.05, 4.69) is 33.5 Å². The van der Waals surface area contributed by atoms with Crippen molar-refractivity contribution in [1.29, 1.82) is 0 Å². The summed E-state index contributed by atoms with van der Waals surface area (Å²) in [5.74, 6) is 0.847. The lowest BCUT2D eigenvalue weighted by Gasteiger charge is -2.25. The second-order valence-electron chi connectivity index (χ2n) is 5.46. The van der Waals surface area contributed by atoms with Gasteiger partial charge in [0.05, 0.1) is 17.0 Å². The van der Waals surface area contributed by atoms with E-state index in [1.54, 1.807) is 14.2 Å². The Balaban J connectivity index is 2.70. The van der Waals surface area contributed by atoms with Crippen LogP contribution in [0.3, 0.4) is 0 Å². The number of ether oxygens (including phenoxy) is 1. The highest BCUT2D eigenvalue weighted by molar-refractivity contribution is 9.10. The van der Waals surface area contributed by atoms with Crippen LogP contribution in [0.2, 0.25) is 0 Å². The molecule has 0 fully saturated rings.